The maximum Gasteiger partial charge on any atom is 0.236 e. The lowest BCUT2D eigenvalue weighted by atomic mass is 10.1. The van der Waals surface area contributed by atoms with Crippen LogP contribution in [0.5, 0.6) is 5.75 Å². The number of hydrogen-bond donors (Lipinski definition) is 4. The van der Waals surface area contributed by atoms with Gasteiger partial charge in [-0.15, -0.1) is 0 Å². The second kappa shape index (κ2) is 8.37. The van der Waals surface area contributed by atoms with Crippen LogP contribution < -0.4 is 16.0 Å². The van der Waals surface area contributed by atoms with Gasteiger partial charge in [-0.25, -0.2) is 14.4 Å². The highest BCUT2D eigenvalue weighted by Crippen LogP contribution is 2.31. The van der Waals surface area contributed by atoms with Crippen LogP contribution >= 0.6 is 11.6 Å². The Hall–Kier alpha value is -2.97. The smallest absolute Gasteiger partial charge is 0.236 e. The Morgan fingerprint density at radius 1 is 1.32 bits per heavy atom. The lowest BCUT2D eigenvalue weighted by Crippen LogP contribution is -2.40. The van der Waals surface area contributed by atoms with E-state index in [4.69, 9.17) is 11.6 Å². The number of nitrogens with zero attached hydrogens (tertiary/aromatic N) is 2. The first kappa shape index (κ1) is 19.8. The summed E-state index contributed by atoms with van der Waals surface area (Å²) in [5.74, 6) is -0.354. The summed E-state index contributed by atoms with van der Waals surface area (Å²) in [4.78, 5) is 20.0. The number of amides is 1. The molecule has 1 heterocycles. The molecule has 0 saturated heterocycles. The number of anilines is 2. The summed E-state index contributed by atoms with van der Waals surface area (Å²) >= 11 is 5.83. The number of rotatable bonds is 6. The molecule has 28 heavy (non-hydrogen) atoms. The van der Waals surface area contributed by atoms with E-state index in [1.165, 1.54) is 18.5 Å². The minimum Gasteiger partial charge on any atom is -0.508 e. The van der Waals surface area contributed by atoms with Gasteiger partial charge in [0.25, 0.3) is 0 Å². The summed E-state index contributed by atoms with van der Waals surface area (Å²) < 4.78 is 14.2. The number of carbonyl (C=O) groups is 1. The van der Waals surface area contributed by atoms with Crippen molar-refractivity contribution in [3.05, 3.63) is 53.1 Å². The zero-order valence-electron chi connectivity index (χ0n) is 15.3. The molecule has 1 aromatic heterocycles. The van der Waals surface area contributed by atoms with Crippen LogP contribution in [0.4, 0.5) is 15.9 Å². The van der Waals surface area contributed by atoms with Gasteiger partial charge in [-0.2, -0.15) is 0 Å². The van der Waals surface area contributed by atoms with Crippen molar-refractivity contribution in [3.63, 3.8) is 0 Å². The number of halogens is 2. The molecule has 0 aliphatic carbocycles. The number of benzene rings is 2. The third kappa shape index (κ3) is 4.13. The Kier molecular flexibility index (Phi) is 5.91. The molecule has 2 aromatic carbocycles. The average molecular weight is 404 g/mol. The molecule has 0 spiro atoms. The van der Waals surface area contributed by atoms with Crippen LogP contribution in [0.1, 0.15) is 12.5 Å². The van der Waals surface area contributed by atoms with Gasteiger partial charge < -0.3 is 21.1 Å². The van der Waals surface area contributed by atoms with Gasteiger partial charge in [0.15, 0.2) is 5.82 Å². The number of hydrogen-bond acceptors (Lipinski definition) is 6. The van der Waals surface area contributed by atoms with Gasteiger partial charge in [-0.05, 0) is 25.1 Å². The number of fused-ring (bicyclic) bond motifs is 1. The van der Waals surface area contributed by atoms with Gasteiger partial charge in [0.1, 0.15) is 17.9 Å². The Labute approximate surface area is 166 Å². The fourth-order valence-corrected chi connectivity index (χ4v) is 2.85. The van der Waals surface area contributed by atoms with E-state index in [2.05, 4.69) is 25.9 Å². The van der Waals surface area contributed by atoms with Gasteiger partial charge in [0.2, 0.25) is 5.91 Å². The van der Waals surface area contributed by atoms with E-state index in [-0.39, 0.29) is 28.9 Å². The van der Waals surface area contributed by atoms with E-state index >= 15 is 0 Å². The number of phenols is 1. The average Bonchev–Trinajstić information content (AvgIpc) is 2.69. The molecule has 4 N–H and O–H groups in total. The first-order valence-corrected chi connectivity index (χ1v) is 8.91. The number of likely N-dealkylation sites (N-methyl/N-ethyl adjacent to an activating group) is 1. The summed E-state index contributed by atoms with van der Waals surface area (Å²) in [6, 6.07) is 7.37. The Balaban J connectivity index is 1.94. The van der Waals surface area contributed by atoms with Crippen LogP contribution in [-0.4, -0.2) is 34.1 Å². The molecule has 7 nitrogen and oxygen atoms in total. The molecule has 0 fully saturated rings. The molecule has 0 radical (unpaired) electrons. The minimum atomic E-state index is -0.587. The Morgan fingerprint density at radius 2 is 2.11 bits per heavy atom. The maximum atomic E-state index is 14.2. The van der Waals surface area contributed by atoms with Crippen LogP contribution in [0.25, 0.3) is 10.9 Å². The second-order valence-corrected chi connectivity index (χ2v) is 6.57. The Bertz CT molecular complexity index is 1030. The monoisotopic (exact) mass is 403 g/mol. The predicted molar refractivity (Wildman–Crippen MR) is 106 cm³/mol. The van der Waals surface area contributed by atoms with Crippen molar-refractivity contribution in [2.45, 2.75) is 19.5 Å². The number of aromatic hydroxyl groups is 1. The van der Waals surface area contributed by atoms with Crippen LogP contribution in [0.15, 0.2) is 36.7 Å². The van der Waals surface area contributed by atoms with Crippen molar-refractivity contribution in [2.75, 3.05) is 12.4 Å². The van der Waals surface area contributed by atoms with Gasteiger partial charge in [-0.3, -0.25) is 4.79 Å². The molecule has 3 rings (SSSR count). The topological polar surface area (TPSA) is 99.2 Å². The lowest BCUT2D eigenvalue weighted by molar-refractivity contribution is -0.122. The molecule has 9 heteroatoms. The molecule has 1 amide bonds. The third-order valence-electron chi connectivity index (χ3n) is 4.28. The van der Waals surface area contributed by atoms with E-state index in [9.17, 15) is 14.3 Å². The van der Waals surface area contributed by atoms with Crippen molar-refractivity contribution >= 4 is 39.9 Å². The van der Waals surface area contributed by atoms with Gasteiger partial charge in [0.05, 0.1) is 22.3 Å². The zero-order valence-corrected chi connectivity index (χ0v) is 16.0. The van der Waals surface area contributed by atoms with Gasteiger partial charge >= 0.3 is 0 Å². The quantitative estimate of drug-likeness (QED) is 0.504. The zero-order chi connectivity index (χ0) is 20.3. The van der Waals surface area contributed by atoms with Crippen LogP contribution in [0, 0.1) is 5.82 Å². The summed E-state index contributed by atoms with van der Waals surface area (Å²) in [6.45, 7) is 1.96. The van der Waals surface area contributed by atoms with Crippen LogP contribution in [0.3, 0.4) is 0 Å². The molecule has 1 atom stereocenters. The first-order valence-electron chi connectivity index (χ1n) is 8.53. The largest absolute Gasteiger partial charge is 0.508 e. The molecule has 146 valence electrons. The molecular formula is C19H19ClFN5O2. The fourth-order valence-electron chi connectivity index (χ4n) is 2.68. The lowest BCUT2D eigenvalue weighted by Gasteiger charge is -2.15. The molecule has 0 unspecified atom stereocenters. The fraction of sp³-hybridized carbons (Fsp3) is 0.211. The van der Waals surface area contributed by atoms with Crippen molar-refractivity contribution < 1.29 is 14.3 Å². The summed E-state index contributed by atoms with van der Waals surface area (Å²) in [6.07, 6.45) is 1.32. The number of aromatic nitrogens is 2. The third-order valence-corrected chi connectivity index (χ3v) is 4.57. The predicted octanol–water partition coefficient (Wildman–Crippen LogP) is 3.10. The molecule has 0 aliphatic heterocycles. The highest BCUT2D eigenvalue weighted by Gasteiger charge is 2.14. The van der Waals surface area contributed by atoms with Crippen molar-refractivity contribution in [3.8, 4) is 5.75 Å². The SMILES string of the molecule is CNC(=O)[C@@H](C)NCc1cc2c(Nc3cccc(Cl)c3F)ncnc2cc1O. The summed E-state index contributed by atoms with van der Waals surface area (Å²) in [5, 5.41) is 19.4. The van der Waals surface area contributed by atoms with E-state index in [0.29, 0.717) is 22.3 Å². The Morgan fingerprint density at radius 3 is 2.86 bits per heavy atom. The summed E-state index contributed by atoms with van der Waals surface area (Å²) in [7, 11) is 1.55. The first-order chi connectivity index (χ1) is 13.4. The summed E-state index contributed by atoms with van der Waals surface area (Å²) in [5.41, 5.74) is 1.21. The molecule has 3 aromatic rings. The van der Waals surface area contributed by atoms with E-state index < -0.39 is 11.9 Å². The van der Waals surface area contributed by atoms with Crippen molar-refractivity contribution in [1.29, 1.82) is 0 Å². The number of carbonyl (C=O) groups excluding carboxylic acids is 1. The standard InChI is InChI=1S/C19H19ClFN5O2/c1-10(19(28)22-2)23-8-11-6-12-15(7-16(11)27)24-9-25-18(12)26-14-5-3-4-13(20)17(14)21/h3-7,9-10,23,27H,8H2,1-2H3,(H,22,28)(H,24,25,26)/t10-/m1/s1. The highest BCUT2D eigenvalue weighted by atomic mass is 35.5. The van der Waals surface area contributed by atoms with Gasteiger partial charge in [0, 0.05) is 30.6 Å². The number of nitrogens with one attached hydrogen (secondary N) is 3. The van der Waals surface area contributed by atoms with Crippen molar-refractivity contribution in [2.24, 2.45) is 0 Å². The number of phenolic OH excluding ortho intramolecular Hbond substituents is 1. The van der Waals surface area contributed by atoms with E-state index in [1.807, 2.05) is 0 Å². The van der Waals surface area contributed by atoms with Crippen LogP contribution in [-0.2, 0) is 11.3 Å². The van der Waals surface area contributed by atoms with E-state index in [1.54, 1.807) is 32.2 Å². The molecule has 0 bridgehead atoms. The van der Waals surface area contributed by atoms with E-state index in [0.717, 1.165) is 0 Å². The molecule has 0 aliphatic rings. The van der Waals surface area contributed by atoms with Gasteiger partial charge in [-0.1, -0.05) is 17.7 Å². The maximum absolute atomic E-state index is 14.2. The minimum absolute atomic E-state index is 0.00548. The normalized spacial score (nSPS) is 12.0. The highest BCUT2D eigenvalue weighted by molar-refractivity contribution is 6.31. The molecular weight excluding hydrogens is 385 g/mol. The molecule has 0 saturated carbocycles. The second-order valence-electron chi connectivity index (χ2n) is 6.16. The van der Waals surface area contributed by atoms with Crippen molar-refractivity contribution in [1.82, 2.24) is 20.6 Å². The van der Waals surface area contributed by atoms with Crippen LogP contribution in [0.2, 0.25) is 5.02 Å².